The maximum absolute atomic E-state index is 3.78. The van der Waals surface area contributed by atoms with Gasteiger partial charge in [0.2, 0.25) is 0 Å². The summed E-state index contributed by atoms with van der Waals surface area (Å²) >= 11 is 0. The summed E-state index contributed by atoms with van der Waals surface area (Å²) in [6.07, 6.45) is 3.21. The van der Waals surface area contributed by atoms with Crippen LogP contribution in [0, 0.1) is 0 Å². The number of allylic oxidation sites excluding steroid dienone is 3. The van der Waals surface area contributed by atoms with Crippen LogP contribution in [-0.2, 0) is 0 Å². The van der Waals surface area contributed by atoms with Gasteiger partial charge in [-0.2, -0.15) is 0 Å². The van der Waals surface area contributed by atoms with Gasteiger partial charge < -0.3 is 0 Å². The van der Waals surface area contributed by atoms with Gasteiger partial charge >= 0.3 is 0 Å². The van der Waals surface area contributed by atoms with Gasteiger partial charge in [-0.3, -0.25) is 0 Å². The van der Waals surface area contributed by atoms with Crippen molar-refractivity contribution in [1.82, 2.24) is 0 Å². The van der Waals surface area contributed by atoms with Crippen LogP contribution >= 0.6 is 0 Å². The van der Waals surface area contributed by atoms with Crippen molar-refractivity contribution in [2.24, 2.45) is 0 Å². The van der Waals surface area contributed by atoms with Crippen LogP contribution in [0.2, 0.25) is 0 Å². The SMILES string of the molecule is C=C(C)CC=C(C)C. The van der Waals surface area contributed by atoms with E-state index in [-0.39, 0.29) is 0 Å². The molecule has 46 valence electrons. The smallest absolute Gasteiger partial charge is 0.0142 e. The molecule has 0 rings (SSSR count). The normalized spacial score (nSPS) is 8.38. The molecule has 8 heavy (non-hydrogen) atoms. The van der Waals surface area contributed by atoms with Crippen LogP contribution in [0.1, 0.15) is 27.2 Å². The first-order valence-electron chi connectivity index (χ1n) is 2.90. The molecule has 0 aliphatic heterocycles. The number of hydrogen-bond donors (Lipinski definition) is 0. The van der Waals surface area contributed by atoms with E-state index in [2.05, 4.69) is 26.5 Å². The Kier molecular flexibility index (Phi) is 3.25. The molecule has 0 unspecified atom stereocenters. The molecule has 0 aromatic carbocycles. The van der Waals surface area contributed by atoms with Gasteiger partial charge in [-0.25, -0.2) is 0 Å². The van der Waals surface area contributed by atoms with Crippen LogP contribution in [0.4, 0.5) is 0 Å². The molecule has 0 amide bonds. The van der Waals surface area contributed by atoms with E-state index in [1.165, 1.54) is 11.1 Å². The second-order valence-corrected chi connectivity index (χ2v) is 2.44. The van der Waals surface area contributed by atoms with Crippen molar-refractivity contribution in [2.75, 3.05) is 0 Å². The quantitative estimate of drug-likeness (QED) is 0.479. The van der Waals surface area contributed by atoms with Gasteiger partial charge in [-0.1, -0.05) is 23.8 Å². The Morgan fingerprint density at radius 2 is 1.88 bits per heavy atom. The van der Waals surface area contributed by atoms with E-state index >= 15 is 0 Å². The molecule has 0 aliphatic rings. The minimum absolute atomic E-state index is 1.03. The summed E-state index contributed by atoms with van der Waals surface area (Å²) < 4.78 is 0. The zero-order valence-corrected chi connectivity index (χ0v) is 5.99. The van der Waals surface area contributed by atoms with Crippen molar-refractivity contribution in [3.63, 3.8) is 0 Å². The molecule has 0 aromatic heterocycles. The molecule has 0 aromatic rings. The monoisotopic (exact) mass is 110 g/mol. The summed E-state index contributed by atoms with van der Waals surface area (Å²) in [5, 5.41) is 0. The molecule has 0 fully saturated rings. The van der Waals surface area contributed by atoms with Crippen LogP contribution in [0.25, 0.3) is 0 Å². The van der Waals surface area contributed by atoms with E-state index in [0.29, 0.717) is 0 Å². The fraction of sp³-hybridized carbons (Fsp3) is 0.500. The van der Waals surface area contributed by atoms with Gasteiger partial charge in [0.1, 0.15) is 0 Å². The molecular formula is C8H14. The first kappa shape index (κ1) is 7.48. The van der Waals surface area contributed by atoms with E-state index in [1.807, 2.05) is 6.92 Å². The minimum atomic E-state index is 1.03. The molecule has 0 spiro atoms. The largest absolute Gasteiger partial charge is 0.0998 e. The Balaban J connectivity index is 3.45. The Morgan fingerprint density at radius 3 is 2.00 bits per heavy atom. The van der Waals surface area contributed by atoms with Gasteiger partial charge in [-0.15, -0.1) is 0 Å². The molecule has 0 aliphatic carbocycles. The van der Waals surface area contributed by atoms with Crippen molar-refractivity contribution >= 4 is 0 Å². The van der Waals surface area contributed by atoms with Crippen LogP contribution in [0.15, 0.2) is 23.8 Å². The molecule has 0 heterocycles. The molecule has 0 heteroatoms. The summed E-state index contributed by atoms with van der Waals surface area (Å²) in [7, 11) is 0. The van der Waals surface area contributed by atoms with E-state index in [1.54, 1.807) is 0 Å². The molecule has 0 saturated heterocycles. The highest BCUT2D eigenvalue weighted by atomic mass is 13.9. The molecule has 0 radical (unpaired) electrons. The van der Waals surface area contributed by atoms with Gasteiger partial charge in [-0.05, 0) is 27.2 Å². The van der Waals surface area contributed by atoms with E-state index < -0.39 is 0 Å². The highest BCUT2D eigenvalue weighted by Gasteiger charge is 1.78. The van der Waals surface area contributed by atoms with E-state index in [0.717, 1.165) is 6.42 Å². The summed E-state index contributed by atoms with van der Waals surface area (Å²) in [5.41, 5.74) is 2.60. The third kappa shape index (κ3) is 5.48. The Hall–Kier alpha value is -0.520. The predicted octanol–water partition coefficient (Wildman–Crippen LogP) is 2.92. The first-order chi connectivity index (χ1) is 3.63. The zero-order chi connectivity index (χ0) is 6.57. The lowest BCUT2D eigenvalue weighted by Crippen LogP contribution is -1.68. The second-order valence-electron chi connectivity index (χ2n) is 2.44. The van der Waals surface area contributed by atoms with Crippen molar-refractivity contribution in [3.8, 4) is 0 Å². The van der Waals surface area contributed by atoms with Gasteiger partial charge in [0.15, 0.2) is 0 Å². The van der Waals surface area contributed by atoms with Crippen molar-refractivity contribution in [3.05, 3.63) is 23.8 Å². The van der Waals surface area contributed by atoms with Crippen LogP contribution in [-0.4, -0.2) is 0 Å². The molecule has 0 N–H and O–H groups in total. The number of hydrogen-bond acceptors (Lipinski definition) is 0. The predicted molar refractivity (Wildman–Crippen MR) is 38.9 cm³/mol. The summed E-state index contributed by atoms with van der Waals surface area (Å²) in [6, 6.07) is 0. The minimum Gasteiger partial charge on any atom is -0.0998 e. The summed E-state index contributed by atoms with van der Waals surface area (Å²) in [5.74, 6) is 0. The van der Waals surface area contributed by atoms with Crippen molar-refractivity contribution in [2.45, 2.75) is 27.2 Å². The Morgan fingerprint density at radius 1 is 1.38 bits per heavy atom. The maximum Gasteiger partial charge on any atom is -0.0142 e. The second kappa shape index (κ2) is 3.48. The average Bonchev–Trinajstić information content (AvgIpc) is 1.61. The van der Waals surface area contributed by atoms with Crippen molar-refractivity contribution in [1.29, 1.82) is 0 Å². The lowest BCUT2D eigenvalue weighted by Gasteiger charge is -1.89. The van der Waals surface area contributed by atoms with Gasteiger partial charge in [0.25, 0.3) is 0 Å². The van der Waals surface area contributed by atoms with Gasteiger partial charge in [0.05, 0.1) is 0 Å². The molecular weight excluding hydrogens is 96.1 g/mol. The fourth-order valence-electron chi connectivity index (χ4n) is 0.378. The van der Waals surface area contributed by atoms with Gasteiger partial charge in [0, 0.05) is 0 Å². The maximum atomic E-state index is 3.78. The standard InChI is InChI=1S/C8H14/c1-7(2)5-6-8(3)4/h6H,1,5H2,2-4H3. The Bertz CT molecular complexity index is 103. The lowest BCUT2D eigenvalue weighted by atomic mass is 10.2. The third-order valence-electron chi connectivity index (χ3n) is 0.859. The topological polar surface area (TPSA) is 0 Å². The highest BCUT2D eigenvalue weighted by Crippen LogP contribution is 1.99. The van der Waals surface area contributed by atoms with Crippen LogP contribution in [0.3, 0.4) is 0 Å². The Labute approximate surface area is 51.9 Å². The fourth-order valence-corrected chi connectivity index (χ4v) is 0.378. The average molecular weight is 110 g/mol. The van der Waals surface area contributed by atoms with Crippen molar-refractivity contribution < 1.29 is 0 Å². The summed E-state index contributed by atoms with van der Waals surface area (Å²) in [6.45, 7) is 10.0. The number of rotatable bonds is 2. The highest BCUT2D eigenvalue weighted by molar-refractivity contribution is 5.03. The molecule has 0 nitrogen and oxygen atoms in total. The van der Waals surface area contributed by atoms with E-state index in [9.17, 15) is 0 Å². The van der Waals surface area contributed by atoms with Crippen LogP contribution in [0.5, 0.6) is 0 Å². The zero-order valence-electron chi connectivity index (χ0n) is 5.99. The molecule has 0 bridgehead atoms. The lowest BCUT2D eigenvalue weighted by molar-refractivity contribution is 1.18. The molecule has 0 atom stereocenters. The molecule has 0 saturated carbocycles. The summed E-state index contributed by atoms with van der Waals surface area (Å²) in [4.78, 5) is 0. The third-order valence-corrected chi connectivity index (χ3v) is 0.859. The van der Waals surface area contributed by atoms with Crippen LogP contribution < -0.4 is 0 Å². The first-order valence-corrected chi connectivity index (χ1v) is 2.90. The van der Waals surface area contributed by atoms with E-state index in [4.69, 9.17) is 0 Å².